The van der Waals surface area contributed by atoms with E-state index in [9.17, 15) is 0 Å². The number of benzene rings is 2. The van der Waals surface area contributed by atoms with Crippen LogP contribution in [-0.4, -0.2) is 5.75 Å². The van der Waals surface area contributed by atoms with Gasteiger partial charge in [0.15, 0.2) is 0 Å². The van der Waals surface area contributed by atoms with Crippen molar-refractivity contribution in [1.29, 1.82) is 0 Å². The van der Waals surface area contributed by atoms with Gasteiger partial charge in [-0.2, -0.15) is 0 Å². The second kappa shape index (κ2) is 6.12. The largest absolute Gasteiger partial charge is 0.125 e. The summed E-state index contributed by atoms with van der Waals surface area (Å²) in [5, 5.41) is 0. The highest BCUT2D eigenvalue weighted by molar-refractivity contribution is 7.99. The van der Waals surface area contributed by atoms with E-state index >= 15 is 0 Å². The summed E-state index contributed by atoms with van der Waals surface area (Å²) >= 11 is 2.04. The van der Waals surface area contributed by atoms with E-state index in [0.717, 1.165) is 0 Å². The molecule has 0 heterocycles. The monoisotopic (exact) mass is 310 g/mol. The summed E-state index contributed by atoms with van der Waals surface area (Å²) in [5.41, 5.74) is 3.57. The van der Waals surface area contributed by atoms with Gasteiger partial charge in [0.2, 0.25) is 0 Å². The predicted molar refractivity (Wildman–Crippen MR) is 97.7 cm³/mol. The standard InChI is InChI=1S/C21H26S/c1-17-10-7-8-13-19(17)22-16-20(2)14-9-15-21(20,3)18-11-5-4-6-12-18/h4-8,10-13H,9,14-16H2,1-3H3/t20-,21+/m0/s1. The van der Waals surface area contributed by atoms with Crippen molar-refractivity contribution in [2.75, 3.05) is 5.75 Å². The molecule has 1 aliphatic carbocycles. The fourth-order valence-electron chi connectivity index (χ4n) is 3.90. The van der Waals surface area contributed by atoms with Gasteiger partial charge in [-0.25, -0.2) is 0 Å². The normalized spacial score (nSPS) is 28.0. The van der Waals surface area contributed by atoms with Crippen molar-refractivity contribution in [1.82, 2.24) is 0 Å². The summed E-state index contributed by atoms with van der Waals surface area (Å²) in [6.45, 7) is 7.20. The molecular weight excluding hydrogens is 284 g/mol. The summed E-state index contributed by atoms with van der Waals surface area (Å²) in [6.07, 6.45) is 3.98. The molecule has 0 aliphatic heterocycles. The second-order valence-electron chi connectivity index (χ2n) is 7.17. The van der Waals surface area contributed by atoms with E-state index in [2.05, 4.69) is 75.4 Å². The molecule has 2 atom stereocenters. The number of hydrogen-bond acceptors (Lipinski definition) is 1. The fraction of sp³-hybridized carbons (Fsp3) is 0.429. The molecule has 1 fully saturated rings. The maximum atomic E-state index is 2.50. The number of rotatable bonds is 4. The molecule has 0 radical (unpaired) electrons. The van der Waals surface area contributed by atoms with E-state index in [4.69, 9.17) is 0 Å². The van der Waals surface area contributed by atoms with Gasteiger partial charge in [-0.1, -0.05) is 68.8 Å². The second-order valence-corrected chi connectivity index (χ2v) is 8.18. The molecule has 22 heavy (non-hydrogen) atoms. The molecule has 2 aromatic rings. The third-order valence-electron chi connectivity index (χ3n) is 5.79. The van der Waals surface area contributed by atoms with Crippen molar-refractivity contribution in [2.45, 2.75) is 50.3 Å². The third-order valence-corrected chi connectivity index (χ3v) is 7.34. The van der Waals surface area contributed by atoms with Crippen molar-refractivity contribution in [3.8, 4) is 0 Å². The van der Waals surface area contributed by atoms with E-state index in [0.29, 0.717) is 10.8 Å². The molecule has 0 nitrogen and oxygen atoms in total. The number of aryl methyl sites for hydroxylation is 1. The molecule has 116 valence electrons. The Morgan fingerprint density at radius 1 is 0.909 bits per heavy atom. The molecular formula is C21H26S. The van der Waals surface area contributed by atoms with Gasteiger partial charge in [-0.15, -0.1) is 11.8 Å². The number of hydrogen-bond donors (Lipinski definition) is 0. The Balaban J connectivity index is 1.83. The quantitative estimate of drug-likeness (QED) is 0.603. The Kier molecular flexibility index (Phi) is 4.36. The van der Waals surface area contributed by atoms with E-state index in [1.165, 1.54) is 41.0 Å². The third kappa shape index (κ3) is 2.72. The predicted octanol–water partition coefficient (Wildman–Crippen LogP) is 6.24. The number of thioether (sulfide) groups is 1. The average molecular weight is 311 g/mol. The molecule has 0 saturated heterocycles. The first-order valence-electron chi connectivity index (χ1n) is 8.29. The van der Waals surface area contributed by atoms with Crippen LogP contribution >= 0.6 is 11.8 Å². The minimum Gasteiger partial charge on any atom is -0.125 e. The fourth-order valence-corrected chi connectivity index (χ4v) is 5.30. The van der Waals surface area contributed by atoms with Crippen molar-refractivity contribution >= 4 is 11.8 Å². The van der Waals surface area contributed by atoms with E-state index < -0.39 is 0 Å². The van der Waals surface area contributed by atoms with Crippen LogP contribution in [0.4, 0.5) is 0 Å². The van der Waals surface area contributed by atoms with Crippen molar-refractivity contribution in [3.63, 3.8) is 0 Å². The highest BCUT2D eigenvalue weighted by Gasteiger charge is 2.49. The van der Waals surface area contributed by atoms with Crippen LogP contribution in [0.5, 0.6) is 0 Å². The van der Waals surface area contributed by atoms with Gasteiger partial charge in [0.1, 0.15) is 0 Å². The smallest absolute Gasteiger partial charge is 0.0101 e. The van der Waals surface area contributed by atoms with Crippen LogP contribution in [0.15, 0.2) is 59.5 Å². The summed E-state index contributed by atoms with van der Waals surface area (Å²) in [5.74, 6) is 1.20. The maximum Gasteiger partial charge on any atom is 0.0101 e. The zero-order valence-electron chi connectivity index (χ0n) is 13.9. The molecule has 0 aromatic heterocycles. The van der Waals surface area contributed by atoms with Crippen LogP contribution in [-0.2, 0) is 5.41 Å². The molecule has 1 aliphatic rings. The van der Waals surface area contributed by atoms with Gasteiger partial charge in [0.25, 0.3) is 0 Å². The van der Waals surface area contributed by atoms with Gasteiger partial charge in [0, 0.05) is 10.6 Å². The van der Waals surface area contributed by atoms with E-state index in [1.54, 1.807) is 0 Å². The highest BCUT2D eigenvalue weighted by Crippen LogP contribution is 2.55. The molecule has 1 saturated carbocycles. The Morgan fingerprint density at radius 2 is 1.59 bits per heavy atom. The Morgan fingerprint density at radius 3 is 2.32 bits per heavy atom. The van der Waals surface area contributed by atoms with Crippen LogP contribution in [0, 0.1) is 12.3 Å². The van der Waals surface area contributed by atoms with Gasteiger partial charge >= 0.3 is 0 Å². The van der Waals surface area contributed by atoms with Crippen LogP contribution in [0.3, 0.4) is 0 Å². The lowest BCUT2D eigenvalue weighted by molar-refractivity contribution is 0.232. The van der Waals surface area contributed by atoms with Crippen LogP contribution in [0.2, 0.25) is 0 Å². The molecule has 2 aromatic carbocycles. The Labute approximate surface area is 139 Å². The van der Waals surface area contributed by atoms with Gasteiger partial charge < -0.3 is 0 Å². The van der Waals surface area contributed by atoms with Crippen LogP contribution < -0.4 is 0 Å². The van der Waals surface area contributed by atoms with Crippen molar-refractivity contribution < 1.29 is 0 Å². The topological polar surface area (TPSA) is 0 Å². The molecule has 0 spiro atoms. The minimum absolute atomic E-state index is 0.296. The Bertz CT molecular complexity index is 633. The van der Waals surface area contributed by atoms with Gasteiger partial charge in [-0.3, -0.25) is 0 Å². The molecule has 0 amide bonds. The molecule has 3 rings (SSSR count). The summed E-state index contributed by atoms with van der Waals surface area (Å²) in [7, 11) is 0. The lowest BCUT2D eigenvalue weighted by Gasteiger charge is -2.42. The Hall–Kier alpha value is -1.21. The lowest BCUT2D eigenvalue weighted by Crippen LogP contribution is -2.38. The first-order valence-corrected chi connectivity index (χ1v) is 9.28. The summed E-state index contributed by atoms with van der Waals surface area (Å²) < 4.78 is 0. The van der Waals surface area contributed by atoms with Crippen molar-refractivity contribution in [3.05, 3.63) is 65.7 Å². The molecule has 0 bridgehead atoms. The minimum atomic E-state index is 0.296. The maximum absolute atomic E-state index is 2.50. The summed E-state index contributed by atoms with van der Waals surface area (Å²) in [4.78, 5) is 1.44. The zero-order chi connectivity index (χ0) is 15.6. The van der Waals surface area contributed by atoms with Crippen molar-refractivity contribution in [2.24, 2.45) is 5.41 Å². The van der Waals surface area contributed by atoms with E-state index in [-0.39, 0.29) is 0 Å². The van der Waals surface area contributed by atoms with Gasteiger partial charge in [0.05, 0.1) is 0 Å². The highest BCUT2D eigenvalue weighted by atomic mass is 32.2. The van der Waals surface area contributed by atoms with Crippen LogP contribution in [0.25, 0.3) is 0 Å². The summed E-state index contributed by atoms with van der Waals surface area (Å²) in [6, 6.07) is 19.9. The van der Waals surface area contributed by atoms with Gasteiger partial charge in [-0.05, 0) is 47.8 Å². The van der Waals surface area contributed by atoms with E-state index in [1.807, 2.05) is 11.8 Å². The molecule has 0 unspecified atom stereocenters. The average Bonchev–Trinajstić information content (AvgIpc) is 2.84. The SMILES string of the molecule is Cc1ccccc1SC[C@]1(C)CCC[C@]1(C)c1ccccc1. The molecule has 1 heteroatoms. The first-order chi connectivity index (χ1) is 10.6. The van der Waals surface area contributed by atoms with Crippen LogP contribution in [0.1, 0.15) is 44.2 Å². The lowest BCUT2D eigenvalue weighted by atomic mass is 9.65. The first kappa shape index (κ1) is 15.7. The molecule has 0 N–H and O–H groups in total. The zero-order valence-corrected chi connectivity index (χ0v) is 14.7.